The summed E-state index contributed by atoms with van der Waals surface area (Å²) in [5.74, 6) is 0.668. The van der Waals surface area contributed by atoms with Crippen LogP contribution in [0, 0.1) is 5.92 Å². The third-order valence-corrected chi connectivity index (χ3v) is 3.26. The quantitative estimate of drug-likeness (QED) is 0.647. The SMILES string of the molecule is CCCCCN(C)CC1COCC1NC. The minimum atomic E-state index is 0.554. The Hall–Kier alpha value is -0.120. The molecule has 1 rings (SSSR count). The molecule has 0 amide bonds. The normalized spacial score (nSPS) is 26.4. The summed E-state index contributed by atoms with van der Waals surface area (Å²) in [5, 5.41) is 3.33. The summed E-state index contributed by atoms with van der Waals surface area (Å²) in [7, 11) is 4.25. The predicted octanol–water partition coefficient (Wildman–Crippen LogP) is 1.34. The Labute approximate surface area is 94.2 Å². The molecule has 0 aromatic carbocycles. The van der Waals surface area contributed by atoms with E-state index in [0.717, 1.165) is 19.8 Å². The minimum Gasteiger partial charge on any atom is -0.379 e. The molecule has 3 nitrogen and oxygen atoms in total. The van der Waals surface area contributed by atoms with Crippen molar-refractivity contribution in [3.8, 4) is 0 Å². The molecular formula is C12H26N2O. The van der Waals surface area contributed by atoms with Crippen LogP contribution in [0.2, 0.25) is 0 Å². The molecule has 2 unspecified atom stereocenters. The molecule has 2 atom stereocenters. The zero-order chi connectivity index (χ0) is 11.1. The van der Waals surface area contributed by atoms with Crippen molar-refractivity contribution in [2.45, 2.75) is 32.2 Å². The van der Waals surface area contributed by atoms with Gasteiger partial charge in [0.1, 0.15) is 0 Å². The second kappa shape index (κ2) is 7.20. The average molecular weight is 214 g/mol. The van der Waals surface area contributed by atoms with E-state index in [9.17, 15) is 0 Å². The smallest absolute Gasteiger partial charge is 0.0623 e. The standard InChI is InChI=1S/C12H26N2O/c1-4-5-6-7-14(3)8-11-9-15-10-12(11)13-2/h11-13H,4-10H2,1-3H3. The summed E-state index contributed by atoms with van der Waals surface area (Å²) >= 11 is 0. The highest BCUT2D eigenvalue weighted by molar-refractivity contribution is 4.81. The van der Waals surface area contributed by atoms with Crippen LogP contribution < -0.4 is 5.32 Å². The fraction of sp³-hybridized carbons (Fsp3) is 1.00. The molecule has 90 valence electrons. The lowest BCUT2D eigenvalue weighted by atomic mass is 10.0. The third kappa shape index (κ3) is 4.49. The highest BCUT2D eigenvalue weighted by Gasteiger charge is 2.27. The van der Waals surface area contributed by atoms with Gasteiger partial charge in [0.2, 0.25) is 0 Å². The van der Waals surface area contributed by atoms with Crippen molar-refractivity contribution in [3.05, 3.63) is 0 Å². The number of rotatable bonds is 7. The van der Waals surface area contributed by atoms with E-state index in [2.05, 4.69) is 24.2 Å². The largest absolute Gasteiger partial charge is 0.379 e. The van der Waals surface area contributed by atoms with Crippen molar-refractivity contribution in [2.75, 3.05) is 40.4 Å². The van der Waals surface area contributed by atoms with Gasteiger partial charge < -0.3 is 15.0 Å². The van der Waals surface area contributed by atoms with E-state index in [-0.39, 0.29) is 0 Å². The Bertz CT molecular complexity index is 164. The molecule has 1 N–H and O–H groups in total. The zero-order valence-electron chi connectivity index (χ0n) is 10.5. The molecular weight excluding hydrogens is 188 g/mol. The van der Waals surface area contributed by atoms with Crippen molar-refractivity contribution in [1.82, 2.24) is 10.2 Å². The number of likely N-dealkylation sites (N-methyl/N-ethyl adjacent to an activating group) is 1. The van der Waals surface area contributed by atoms with E-state index in [1.807, 2.05) is 7.05 Å². The molecule has 0 bridgehead atoms. The highest BCUT2D eigenvalue weighted by atomic mass is 16.5. The topological polar surface area (TPSA) is 24.5 Å². The molecule has 1 saturated heterocycles. The Kier molecular flexibility index (Phi) is 6.22. The van der Waals surface area contributed by atoms with Gasteiger partial charge in [-0.2, -0.15) is 0 Å². The molecule has 0 saturated carbocycles. The van der Waals surface area contributed by atoms with Gasteiger partial charge in [-0.15, -0.1) is 0 Å². The number of nitrogens with one attached hydrogen (secondary N) is 1. The summed E-state index contributed by atoms with van der Waals surface area (Å²) in [6.45, 7) is 6.44. The molecule has 15 heavy (non-hydrogen) atoms. The summed E-state index contributed by atoms with van der Waals surface area (Å²) < 4.78 is 5.50. The molecule has 0 aromatic heterocycles. The second-order valence-corrected chi connectivity index (χ2v) is 4.66. The summed E-state index contributed by atoms with van der Waals surface area (Å²) in [4.78, 5) is 2.44. The zero-order valence-corrected chi connectivity index (χ0v) is 10.5. The van der Waals surface area contributed by atoms with Crippen molar-refractivity contribution in [3.63, 3.8) is 0 Å². The van der Waals surface area contributed by atoms with Crippen molar-refractivity contribution >= 4 is 0 Å². The fourth-order valence-corrected chi connectivity index (χ4v) is 2.22. The van der Waals surface area contributed by atoms with E-state index >= 15 is 0 Å². The number of unbranched alkanes of at least 4 members (excludes halogenated alkanes) is 2. The monoisotopic (exact) mass is 214 g/mol. The van der Waals surface area contributed by atoms with Gasteiger partial charge in [0.25, 0.3) is 0 Å². The molecule has 1 aliphatic heterocycles. The Morgan fingerprint density at radius 3 is 2.80 bits per heavy atom. The molecule has 1 aliphatic rings. The van der Waals surface area contributed by atoms with Gasteiger partial charge in [0.05, 0.1) is 13.2 Å². The maximum Gasteiger partial charge on any atom is 0.0623 e. The summed E-state index contributed by atoms with van der Waals surface area (Å²) in [6, 6.07) is 0.554. The lowest BCUT2D eigenvalue weighted by molar-refractivity contribution is 0.173. The summed E-state index contributed by atoms with van der Waals surface area (Å²) in [5.41, 5.74) is 0. The van der Waals surface area contributed by atoms with Crippen LogP contribution in [0.5, 0.6) is 0 Å². The van der Waals surface area contributed by atoms with Gasteiger partial charge >= 0.3 is 0 Å². The average Bonchev–Trinajstić information content (AvgIpc) is 2.65. The first kappa shape index (κ1) is 12.9. The molecule has 0 aromatic rings. The van der Waals surface area contributed by atoms with Crippen LogP contribution in [0.4, 0.5) is 0 Å². The molecule has 1 heterocycles. The lowest BCUT2D eigenvalue weighted by Crippen LogP contribution is -2.39. The highest BCUT2D eigenvalue weighted by Crippen LogP contribution is 2.14. The summed E-state index contributed by atoms with van der Waals surface area (Å²) in [6.07, 6.45) is 3.98. The van der Waals surface area contributed by atoms with Gasteiger partial charge in [0.15, 0.2) is 0 Å². The van der Waals surface area contributed by atoms with Crippen LogP contribution in [0.15, 0.2) is 0 Å². The van der Waals surface area contributed by atoms with Crippen LogP contribution in [0.1, 0.15) is 26.2 Å². The van der Waals surface area contributed by atoms with Crippen LogP contribution >= 0.6 is 0 Å². The van der Waals surface area contributed by atoms with Gasteiger partial charge in [-0.25, -0.2) is 0 Å². The van der Waals surface area contributed by atoms with E-state index in [0.29, 0.717) is 12.0 Å². The first-order valence-corrected chi connectivity index (χ1v) is 6.21. The second-order valence-electron chi connectivity index (χ2n) is 4.66. The van der Waals surface area contributed by atoms with E-state index in [1.165, 1.54) is 25.8 Å². The Morgan fingerprint density at radius 1 is 1.33 bits per heavy atom. The molecule has 3 heteroatoms. The van der Waals surface area contributed by atoms with E-state index in [1.54, 1.807) is 0 Å². The number of hydrogen-bond donors (Lipinski definition) is 1. The van der Waals surface area contributed by atoms with Gasteiger partial charge in [-0.3, -0.25) is 0 Å². The Balaban J connectivity index is 2.15. The molecule has 0 spiro atoms. The van der Waals surface area contributed by atoms with Gasteiger partial charge in [0, 0.05) is 18.5 Å². The maximum atomic E-state index is 5.50. The molecule has 1 fully saturated rings. The maximum absolute atomic E-state index is 5.50. The fourth-order valence-electron chi connectivity index (χ4n) is 2.22. The van der Waals surface area contributed by atoms with E-state index < -0.39 is 0 Å². The van der Waals surface area contributed by atoms with Crippen LogP contribution in [-0.2, 0) is 4.74 Å². The van der Waals surface area contributed by atoms with Gasteiger partial charge in [-0.1, -0.05) is 19.8 Å². The number of hydrogen-bond acceptors (Lipinski definition) is 3. The number of ether oxygens (including phenoxy) is 1. The van der Waals surface area contributed by atoms with Crippen molar-refractivity contribution < 1.29 is 4.74 Å². The first-order valence-electron chi connectivity index (χ1n) is 6.21. The van der Waals surface area contributed by atoms with Crippen LogP contribution in [0.3, 0.4) is 0 Å². The Morgan fingerprint density at radius 2 is 2.13 bits per heavy atom. The number of nitrogens with zero attached hydrogens (tertiary/aromatic N) is 1. The lowest BCUT2D eigenvalue weighted by Gasteiger charge is -2.23. The first-order chi connectivity index (χ1) is 7.27. The predicted molar refractivity (Wildman–Crippen MR) is 64.2 cm³/mol. The third-order valence-electron chi connectivity index (χ3n) is 3.26. The van der Waals surface area contributed by atoms with Crippen LogP contribution in [0.25, 0.3) is 0 Å². The molecule has 0 aliphatic carbocycles. The van der Waals surface area contributed by atoms with E-state index in [4.69, 9.17) is 4.74 Å². The minimum absolute atomic E-state index is 0.554. The van der Waals surface area contributed by atoms with Crippen molar-refractivity contribution in [1.29, 1.82) is 0 Å². The van der Waals surface area contributed by atoms with Gasteiger partial charge in [-0.05, 0) is 27.1 Å². The molecule has 0 radical (unpaired) electrons. The van der Waals surface area contributed by atoms with Crippen LogP contribution in [-0.4, -0.2) is 51.3 Å². The van der Waals surface area contributed by atoms with Crippen molar-refractivity contribution in [2.24, 2.45) is 5.92 Å².